The molecule has 0 amide bonds. The predicted octanol–water partition coefficient (Wildman–Crippen LogP) is 3.10. The molecule has 0 aliphatic heterocycles. The van der Waals surface area contributed by atoms with Gasteiger partial charge >= 0.3 is 4.83 Å². The molecule has 0 saturated carbocycles. The summed E-state index contributed by atoms with van der Waals surface area (Å²) < 4.78 is 35.7. The van der Waals surface area contributed by atoms with Gasteiger partial charge in [-0.15, -0.1) is 0 Å². The van der Waals surface area contributed by atoms with Crippen LogP contribution in [-0.2, 0) is 0 Å². The van der Waals surface area contributed by atoms with Crippen molar-refractivity contribution in [3.63, 3.8) is 0 Å². The number of hydrogen-bond acceptors (Lipinski definition) is 0. The summed E-state index contributed by atoms with van der Waals surface area (Å²) in [4.78, 5) is -3.37. The maximum Gasteiger partial charge on any atom is 0.331 e. The lowest BCUT2D eigenvalue weighted by Gasteiger charge is -2.11. The molecule has 0 spiro atoms. The third-order valence-electron chi connectivity index (χ3n) is 0.718. The van der Waals surface area contributed by atoms with E-state index in [1.165, 1.54) is 0 Å². The van der Waals surface area contributed by atoms with Crippen LogP contribution in [0.5, 0.6) is 0 Å². The number of hydrogen-bond donors (Lipinski definition) is 0. The van der Waals surface area contributed by atoms with Crippen molar-refractivity contribution in [3.8, 4) is 0 Å². The Balaban J connectivity index is 3.59. The Labute approximate surface area is 68.1 Å². The molecule has 0 rings (SSSR count). The van der Waals surface area contributed by atoms with E-state index < -0.39 is 11.0 Å². The van der Waals surface area contributed by atoms with Crippen LogP contribution in [0.3, 0.4) is 0 Å². The van der Waals surface area contributed by atoms with E-state index in [1.807, 2.05) is 15.9 Å². The van der Waals surface area contributed by atoms with Crippen molar-refractivity contribution in [2.24, 2.45) is 0 Å². The van der Waals surface area contributed by atoms with E-state index >= 15 is 0 Å². The van der Waals surface area contributed by atoms with Gasteiger partial charge in [0, 0.05) is 5.33 Å². The molecule has 0 N–H and O–H groups in total. The van der Waals surface area contributed by atoms with E-state index in [9.17, 15) is 13.2 Å². The van der Waals surface area contributed by atoms with Gasteiger partial charge in [0.2, 0.25) is 0 Å². The number of rotatable bonds is 3. The van der Waals surface area contributed by atoms with Crippen molar-refractivity contribution in [1.29, 1.82) is 0 Å². The van der Waals surface area contributed by atoms with Gasteiger partial charge in [0.1, 0.15) is 0 Å². The Morgan fingerprint density at radius 3 is 2.00 bits per heavy atom. The third kappa shape index (κ3) is 4.19. The molecule has 56 valence electrons. The van der Waals surface area contributed by atoms with Crippen LogP contribution in [0.25, 0.3) is 0 Å². The fourth-order valence-electron chi connectivity index (χ4n) is 0.259. The van der Waals surface area contributed by atoms with Gasteiger partial charge in [-0.05, 0) is 22.4 Å². The molecule has 0 heterocycles. The predicted molar refractivity (Wildman–Crippen MR) is 37.2 cm³/mol. The molecule has 1 atom stereocenters. The molecular formula is C4H5Br2F3. The van der Waals surface area contributed by atoms with Crippen molar-refractivity contribution >= 4 is 31.9 Å². The van der Waals surface area contributed by atoms with E-state index in [-0.39, 0.29) is 11.8 Å². The molecule has 0 aliphatic carbocycles. The molecule has 0 radical (unpaired) electrons. The zero-order chi connectivity index (χ0) is 7.49. The SMILES string of the molecule is FC(CCBr)C(F)(F)Br. The van der Waals surface area contributed by atoms with Gasteiger partial charge in [0.05, 0.1) is 0 Å². The first-order chi connectivity index (χ1) is 3.98. The van der Waals surface area contributed by atoms with Gasteiger partial charge in [-0.25, -0.2) is 4.39 Å². The molecule has 0 fully saturated rings. The lowest BCUT2D eigenvalue weighted by atomic mass is 10.3. The second-order valence-electron chi connectivity index (χ2n) is 1.49. The highest BCUT2D eigenvalue weighted by atomic mass is 79.9. The number of alkyl halides is 5. The maximum atomic E-state index is 12.1. The Hall–Kier alpha value is 0.750. The fourth-order valence-corrected chi connectivity index (χ4v) is 0.890. The zero-order valence-corrected chi connectivity index (χ0v) is 7.55. The van der Waals surface area contributed by atoms with Crippen molar-refractivity contribution < 1.29 is 13.2 Å². The van der Waals surface area contributed by atoms with Crippen molar-refractivity contribution in [2.75, 3.05) is 5.33 Å². The first kappa shape index (κ1) is 9.75. The molecule has 0 aliphatic rings. The average molecular weight is 270 g/mol. The van der Waals surface area contributed by atoms with Crippen LogP contribution in [0.15, 0.2) is 0 Å². The summed E-state index contributed by atoms with van der Waals surface area (Å²) >= 11 is 4.76. The van der Waals surface area contributed by atoms with Crippen LogP contribution in [0.4, 0.5) is 13.2 Å². The van der Waals surface area contributed by atoms with Crippen LogP contribution in [-0.4, -0.2) is 16.3 Å². The highest BCUT2D eigenvalue weighted by Gasteiger charge is 2.35. The molecule has 0 aromatic heterocycles. The van der Waals surface area contributed by atoms with Gasteiger partial charge in [0.25, 0.3) is 0 Å². The van der Waals surface area contributed by atoms with Gasteiger partial charge in [-0.1, -0.05) is 15.9 Å². The minimum absolute atomic E-state index is 0.182. The van der Waals surface area contributed by atoms with Gasteiger partial charge in [-0.3, -0.25) is 0 Å². The summed E-state index contributed by atoms with van der Waals surface area (Å²) in [7, 11) is 0. The van der Waals surface area contributed by atoms with Crippen molar-refractivity contribution in [3.05, 3.63) is 0 Å². The standard InChI is InChI=1S/C4H5Br2F3/c5-2-1-3(7)4(6,8)9/h3H,1-2H2. The first-order valence-corrected chi connectivity index (χ1v) is 4.16. The Kier molecular flexibility index (Phi) is 4.12. The highest BCUT2D eigenvalue weighted by Crippen LogP contribution is 2.30. The Morgan fingerprint density at radius 1 is 1.44 bits per heavy atom. The lowest BCUT2D eigenvalue weighted by Crippen LogP contribution is -2.22. The summed E-state index contributed by atoms with van der Waals surface area (Å²) in [5, 5.41) is 0.245. The topological polar surface area (TPSA) is 0 Å². The molecule has 0 saturated heterocycles. The van der Waals surface area contributed by atoms with E-state index in [4.69, 9.17) is 0 Å². The maximum absolute atomic E-state index is 12.1. The van der Waals surface area contributed by atoms with Gasteiger partial charge in [0.15, 0.2) is 6.17 Å². The fraction of sp³-hybridized carbons (Fsp3) is 1.00. The van der Waals surface area contributed by atoms with E-state index in [1.54, 1.807) is 0 Å². The second-order valence-corrected chi connectivity index (χ2v) is 3.34. The average Bonchev–Trinajstić information content (AvgIpc) is 1.64. The highest BCUT2D eigenvalue weighted by molar-refractivity contribution is 9.10. The van der Waals surface area contributed by atoms with Crippen molar-refractivity contribution in [1.82, 2.24) is 0 Å². The van der Waals surface area contributed by atoms with E-state index in [0.717, 1.165) is 0 Å². The second kappa shape index (κ2) is 3.81. The van der Waals surface area contributed by atoms with Crippen LogP contribution in [0, 0.1) is 0 Å². The smallest absolute Gasteiger partial charge is 0.240 e. The minimum atomic E-state index is -3.37. The zero-order valence-electron chi connectivity index (χ0n) is 4.38. The lowest BCUT2D eigenvalue weighted by molar-refractivity contribution is 0.0211. The van der Waals surface area contributed by atoms with Crippen LogP contribution in [0.2, 0.25) is 0 Å². The van der Waals surface area contributed by atoms with Gasteiger partial charge < -0.3 is 0 Å². The van der Waals surface area contributed by atoms with E-state index in [2.05, 4.69) is 15.9 Å². The summed E-state index contributed by atoms with van der Waals surface area (Å²) in [6, 6.07) is 0. The van der Waals surface area contributed by atoms with Crippen LogP contribution >= 0.6 is 31.9 Å². The minimum Gasteiger partial charge on any atom is -0.240 e. The van der Waals surface area contributed by atoms with Crippen LogP contribution < -0.4 is 0 Å². The summed E-state index contributed by atoms with van der Waals surface area (Å²) in [5.74, 6) is 0. The normalized spacial score (nSPS) is 15.7. The molecule has 0 bridgehead atoms. The Bertz CT molecular complexity index is 80.4. The third-order valence-corrected chi connectivity index (χ3v) is 1.67. The van der Waals surface area contributed by atoms with Gasteiger partial charge in [-0.2, -0.15) is 8.78 Å². The van der Waals surface area contributed by atoms with Crippen LogP contribution in [0.1, 0.15) is 6.42 Å². The molecule has 0 aromatic carbocycles. The largest absolute Gasteiger partial charge is 0.331 e. The summed E-state index contributed by atoms with van der Waals surface area (Å²) in [6.45, 7) is 0. The monoisotopic (exact) mass is 268 g/mol. The first-order valence-electron chi connectivity index (χ1n) is 2.25. The molecule has 5 heteroatoms. The molecule has 0 aromatic rings. The quantitative estimate of drug-likeness (QED) is 0.691. The summed E-state index contributed by atoms with van der Waals surface area (Å²) in [6.07, 6.45) is -2.28. The van der Waals surface area contributed by atoms with E-state index in [0.29, 0.717) is 0 Å². The summed E-state index contributed by atoms with van der Waals surface area (Å²) in [5.41, 5.74) is 0. The Morgan fingerprint density at radius 2 is 1.89 bits per heavy atom. The molecule has 1 unspecified atom stereocenters. The molecule has 9 heavy (non-hydrogen) atoms. The molecular weight excluding hydrogens is 265 g/mol. The molecule has 0 nitrogen and oxygen atoms in total. The van der Waals surface area contributed by atoms with Crippen molar-refractivity contribution in [2.45, 2.75) is 17.4 Å². The number of halogens is 5.